The standard InChI is InChI=1S/C6H10N2/c1-5(4-7)8-6-2-3-6/h5-6,8H,2-3H2,1H3/t5-/m1/s1. The van der Waals surface area contributed by atoms with Crippen molar-refractivity contribution in [1.29, 1.82) is 5.26 Å². The van der Waals surface area contributed by atoms with Gasteiger partial charge in [-0.2, -0.15) is 5.26 Å². The van der Waals surface area contributed by atoms with E-state index in [9.17, 15) is 0 Å². The van der Waals surface area contributed by atoms with Crippen LogP contribution in [0, 0.1) is 11.3 Å². The first-order valence-electron chi connectivity index (χ1n) is 2.98. The summed E-state index contributed by atoms with van der Waals surface area (Å²) in [5.41, 5.74) is 0. The molecule has 0 spiro atoms. The smallest absolute Gasteiger partial charge is 0.0926 e. The molecule has 1 fully saturated rings. The van der Waals surface area contributed by atoms with Crippen molar-refractivity contribution in [2.75, 3.05) is 0 Å². The molecule has 0 radical (unpaired) electrons. The Kier molecular flexibility index (Phi) is 1.50. The largest absolute Gasteiger partial charge is 0.299 e. The average Bonchev–Trinajstić information content (AvgIpc) is 2.50. The summed E-state index contributed by atoms with van der Waals surface area (Å²) < 4.78 is 0. The van der Waals surface area contributed by atoms with Gasteiger partial charge in [0, 0.05) is 6.04 Å². The van der Waals surface area contributed by atoms with Crippen LogP contribution in [0.25, 0.3) is 0 Å². The third-order valence-electron chi connectivity index (χ3n) is 1.26. The second-order valence-electron chi connectivity index (χ2n) is 2.29. The highest BCUT2D eigenvalue weighted by Crippen LogP contribution is 2.18. The van der Waals surface area contributed by atoms with E-state index in [2.05, 4.69) is 11.4 Å². The van der Waals surface area contributed by atoms with Crippen LogP contribution in [0.2, 0.25) is 0 Å². The topological polar surface area (TPSA) is 35.8 Å². The van der Waals surface area contributed by atoms with E-state index >= 15 is 0 Å². The summed E-state index contributed by atoms with van der Waals surface area (Å²) in [4.78, 5) is 0. The lowest BCUT2D eigenvalue weighted by atomic mass is 10.4. The van der Waals surface area contributed by atoms with Crippen molar-refractivity contribution in [3.63, 3.8) is 0 Å². The Morgan fingerprint density at radius 2 is 2.38 bits per heavy atom. The fraction of sp³-hybridized carbons (Fsp3) is 0.833. The van der Waals surface area contributed by atoms with Gasteiger partial charge in [-0.15, -0.1) is 0 Å². The lowest BCUT2D eigenvalue weighted by molar-refractivity contribution is 0.638. The summed E-state index contributed by atoms with van der Waals surface area (Å²) >= 11 is 0. The molecule has 1 N–H and O–H groups in total. The molecule has 44 valence electrons. The van der Waals surface area contributed by atoms with Crippen LogP contribution in [0.4, 0.5) is 0 Å². The first-order valence-corrected chi connectivity index (χ1v) is 2.98. The van der Waals surface area contributed by atoms with Crippen molar-refractivity contribution < 1.29 is 0 Å². The van der Waals surface area contributed by atoms with Crippen molar-refractivity contribution in [1.82, 2.24) is 5.32 Å². The van der Waals surface area contributed by atoms with Crippen molar-refractivity contribution in [3.8, 4) is 6.07 Å². The Morgan fingerprint density at radius 3 is 2.75 bits per heavy atom. The van der Waals surface area contributed by atoms with Crippen LogP contribution in [0.3, 0.4) is 0 Å². The Hall–Kier alpha value is -0.550. The van der Waals surface area contributed by atoms with Gasteiger partial charge in [0.05, 0.1) is 12.1 Å². The lowest BCUT2D eigenvalue weighted by Crippen LogP contribution is -2.25. The molecule has 2 nitrogen and oxygen atoms in total. The fourth-order valence-corrected chi connectivity index (χ4v) is 0.641. The molecule has 1 aliphatic rings. The SMILES string of the molecule is C[C@H](C#N)NC1CC1. The quantitative estimate of drug-likeness (QED) is 0.566. The van der Waals surface area contributed by atoms with E-state index < -0.39 is 0 Å². The van der Waals surface area contributed by atoms with Crippen LogP contribution in [-0.2, 0) is 0 Å². The van der Waals surface area contributed by atoms with Crippen molar-refractivity contribution in [3.05, 3.63) is 0 Å². The first kappa shape index (κ1) is 5.58. The van der Waals surface area contributed by atoms with Crippen molar-refractivity contribution in [2.24, 2.45) is 0 Å². The van der Waals surface area contributed by atoms with Gasteiger partial charge >= 0.3 is 0 Å². The maximum absolute atomic E-state index is 8.30. The van der Waals surface area contributed by atoms with E-state index in [1.165, 1.54) is 12.8 Å². The van der Waals surface area contributed by atoms with Crippen LogP contribution < -0.4 is 5.32 Å². The maximum Gasteiger partial charge on any atom is 0.0926 e. The van der Waals surface area contributed by atoms with Gasteiger partial charge in [-0.25, -0.2) is 0 Å². The second kappa shape index (κ2) is 2.15. The molecule has 0 unspecified atom stereocenters. The number of nitrogens with zero attached hydrogens (tertiary/aromatic N) is 1. The van der Waals surface area contributed by atoms with E-state index in [1.807, 2.05) is 6.92 Å². The van der Waals surface area contributed by atoms with Gasteiger partial charge in [0.15, 0.2) is 0 Å². The number of nitriles is 1. The summed E-state index contributed by atoms with van der Waals surface area (Å²) in [6, 6.07) is 2.83. The Morgan fingerprint density at radius 1 is 1.75 bits per heavy atom. The molecular formula is C6H10N2. The molecule has 0 saturated heterocycles. The third-order valence-corrected chi connectivity index (χ3v) is 1.26. The molecule has 0 aromatic carbocycles. The summed E-state index contributed by atoms with van der Waals surface area (Å²) in [5, 5.41) is 11.4. The summed E-state index contributed by atoms with van der Waals surface area (Å²) in [6.45, 7) is 1.89. The second-order valence-corrected chi connectivity index (χ2v) is 2.29. The number of hydrogen-bond donors (Lipinski definition) is 1. The molecule has 1 atom stereocenters. The van der Waals surface area contributed by atoms with Gasteiger partial charge in [-0.05, 0) is 19.8 Å². The normalized spacial score (nSPS) is 22.0. The zero-order valence-electron chi connectivity index (χ0n) is 5.02. The molecule has 0 aromatic heterocycles. The van der Waals surface area contributed by atoms with Crippen molar-refractivity contribution >= 4 is 0 Å². The lowest BCUT2D eigenvalue weighted by Gasteiger charge is -2.00. The Labute approximate surface area is 49.5 Å². The van der Waals surface area contributed by atoms with E-state index in [-0.39, 0.29) is 6.04 Å². The van der Waals surface area contributed by atoms with E-state index in [0.29, 0.717) is 6.04 Å². The highest BCUT2D eigenvalue weighted by atomic mass is 15.0. The molecular weight excluding hydrogens is 100 g/mol. The van der Waals surface area contributed by atoms with E-state index in [0.717, 1.165) is 0 Å². The van der Waals surface area contributed by atoms with Gasteiger partial charge < -0.3 is 0 Å². The molecule has 0 amide bonds. The Balaban J connectivity index is 2.09. The molecule has 0 aliphatic heterocycles. The number of nitrogens with one attached hydrogen (secondary N) is 1. The van der Waals surface area contributed by atoms with Gasteiger partial charge in [0.25, 0.3) is 0 Å². The number of rotatable bonds is 2. The average molecular weight is 110 g/mol. The van der Waals surface area contributed by atoms with Gasteiger partial charge in [0.2, 0.25) is 0 Å². The molecule has 1 rings (SSSR count). The van der Waals surface area contributed by atoms with Gasteiger partial charge in [-0.1, -0.05) is 0 Å². The van der Waals surface area contributed by atoms with Crippen molar-refractivity contribution in [2.45, 2.75) is 31.8 Å². The van der Waals surface area contributed by atoms with E-state index in [4.69, 9.17) is 5.26 Å². The molecule has 0 aromatic rings. The summed E-state index contributed by atoms with van der Waals surface area (Å²) in [7, 11) is 0. The Bertz CT molecular complexity index is 110. The maximum atomic E-state index is 8.30. The zero-order valence-corrected chi connectivity index (χ0v) is 5.02. The monoisotopic (exact) mass is 110 g/mol. The van der Waals surface area contributed by atoms with Crippen LogP contribution in [-0.4, -0.2) is 12.1 Å². The third kappa shape index (κ3) is 1.51. The molecule has 0 bridgehead atoms. The minimum atomic E-state index is 0.0440. The molecule has 8 heavy (non-hydrogen) atoms. The van der Waals surface area contributed by atoms with Crippen LogP contribution >= 0.6 is 0 Å². The highest BCUT2D eigenvalue weighted by Gasteiger charge is 2.22. The van der Waals surface area contributed by atoms with E-state index in [1.54, 1.807) is 0 Å². The minimum Gasteiger partial charge on any atom is -0.299 e. The van der Waals surface area contributed by atoms with Gasteiger partial charge in [-0.3, -0.25) is 5.32 Å². The van der Waals surface area contributed by atoms with Crippen LogP contribution in [0.1, 0.15) is 19.8 Å². The first-order chi connectivity index (χ1) is 3.83. The summed E-state index contributed by atoms with van der Waals surface area (Å²) in [5.74, 6) is 0. The molecule has 2 heteroatoms. The minimum absolute atomic E-state index is 0.0440. The van der Waals surface area contributed by atoms with Crippen LogP contribution in [0.5, 0.6) is 0 Å². The molecule has 1 aliphatic carbocycles. The van der Waals surface area contributed by atoms with Crippen LogP contribution in [0.15, 0.2) is 0 Å². The predicted molar refractivity (Wildman–Crippen MR) is 31.2 cm³/mol. The predicted octanol–water partition coefficient (Wildman–Crippen LogP) is 0.650. The summed E-state index contributed by atoms with van der Waals surface area (Å²) in [6.07, 6.45) is 2.51. The molecule has 0 heterocycles. The molecule has 1 saturated carbocycles. The number of hydrogen-bond acceptors (Lipinski definition) is 2. The van der Waals surface area contributed by atoms with Gasteiger partial charge in [0.1, 0.15) is 0 Å². The fourth-order valence-electron chi connectivity index (χ4n) is 0.641. The highest BCUT2D eigenvalue weighted by molar-refractivity contribution is 4.92. The zero-order chi connectivity index (χ0) is 5.98.